The van der Waals surface area contributed by atoms with Gasteiger partial charge >= 0.3 is 0 Å². The summed E-state index contributed by atoms with van der Waals surface area (Å²) in [4.78, 5) is 15.4. The maximum atomic E-state index is 13.0. The summed E-state index contributed by atoms with van der Waals surface area (Å²) in [6, 6.07) is 9.13. The summed E-state index contributed by atoms with van der Waals surface area (Å²) < 4.78 is 27.6. The highest BCUT2D eigenvalue weighted by atomic mass is 32.2. The lowest BCUT2D eigenvalue weighted by molar-refractivity contribution is -0.134. The molecule has 1 amide bonds. The van der Waals surface area contributed by atoms with Gasteiger partial charge in [0.25, 0.3) is 0 Å². The van der Waals surface area contributed by atoms with Crippen molar-refractivity contribution in [2.45, 2.75) is 62.3 Å². The quantitative estimate of drug-likeness (QED) is 0.796. The normalized spacial score (nSPS) is 28.6. The molecule has 2 heterocycles. The molecule has 1 saturated carbocycles. The van der Waals surface area contributed by atoms with Crippen LogP contribution in [0.15, 0.2) is 35.2 Å². The molecule has 2 atom stereocenters. The van der Waals surface area contributed by atoms with Gasteiger partial charge in [0, 0.05) is 32.1 Å². The molecule has 0 bridgehead atoms. The van der Waals surface area contributed by atoms with Gasteiger partial charge in [0.15, 0.2) is 0 Å². The van der Waals surface area contributed by atoms with E-state index in [2.05, 4.69) is 4.90 Å². The van der Waals surface area contributed by atoms with E-state index in [-0.39, 0.29) is 5.92 Å². The first-order chi connectivity index (χ1) is 13.1. The summed E-state index contributed by atoms with van der Waals surface area (Å²) in [5.74, 6) is 0.914. The second kappa shape index (κ2) is 7.92. The largest absolute Gasteiger partial charge is 0.340 e. The topological polar surface area (TPSA) is 57.7 Å². The summed E-state index contributed by atoms with van der Waals surface area (Å²) >= 11 is 0. The van der Waals surface area contributed by atoms with Crippen LogP contribution in [0.4, 0.5) is 0 Å². The van der Waals surface area contributed by atoms with Crippen molar-refractivity contribution in [3.63, 3.8) is 0 Å². The van der Waals surface area contributed by atoms with E-state index in [0.717, 1.165) is 32.2 Å². The fraction of sp³-hybridized carbons (Fsp3) is 0.667. The lowest BCUT2D eigenvalue weighted by Crippen LogP contribution is -2.43. The summed E-state index contributed by atoms with van der Waals surface area (Å²) in [7, 11) is -3.44. The molecule has 1 aromatic carbocycles. The Labute approximate surface area is 162 Å². The van der Waals surface area contributed by atoms with Crippen LogP contribution < -0.4 is 0 Å². The predicted octanol–water partition coefficient (Wildman–Crippen LogP) is 3.27. The fourth-order valence-corrected chi connectivity index (χ4v) is 6.69. The van der Waals surface area contributed by atoms with Crippen molar-refractivity contribution in [1.82, 2.24) is 9.21 Å². The Morgan fingerprint density at radius 1 is 0.852 bits per heavy atom. The van der Waals surface area contributed by atoms with Crippen molar-refractivity contribution in [2.75, 3.05) is 19.6 Å². The Bertz CT molecular complexity index is 759. The van der Waals surface area contributed by atoms with Crippen LogP contribution in [0.5, 0.6) is 0 Å². The van der Waals surface area contributed by atoms with E-state index in [9.17, 15) is 13.2 Å². The third-order valence-corrected chi connectivity index (χ3v) is 8.63. The monoisotopic (exact) mass is 390 g/mol. The number of carbonyl (C=O) groups excluding carboxylic acids is 1. The Morgan fingerprint density at radius 2 is 1.56 bits per heavy atom. The lowest BCUT2D eigenvalue weighted by Gasteiger charge is -2.36. The number of fused-ring (bicyclic) bond motifs is 1. The van der Waals surface area contributed by atoms with Crippen LogP contribution in [0, 0.1) is 11.8 Å². The molecule has 3 aliphatic rings. The van der Waals surface area contributed by atoms with Gasteiger partial charge in [-0.25, -0.2) is 8.42 Å². The van der Waals surface area contributed by atoms with Crippen LogP contribution in [0.1, 0.15) is 51.4 Å². The number of nitrogens with zero attached hydrogens (tertiary/aromatic N) is 2. The molecule has 1 aromatic rings. The molecule has 3 fully saturated rings. The van der Waals surface area contributed by atoms with Gasteiger partial charge in [-0.2, -0.15) is 4.31 Å². The number of hydrogen-bond donors (Lipinski definition) is 0. The number of amides is 1. The van der Waals surface area contributed by atoms with E-state index in [1.165, 1.54) is 19.3 Å². The van der Waals surface area contributed by atoms with Gasteiger partial charge in [0.1, 0.15) is 0 Å². The molecular weight excluding hydrogens is 360 g/mol. The summed E-state index contributed by atoms with van der Waals surface area (Å²) in [5.41, 5.74) is 0. The van der Waals surface area contributed by atoms with Gasteiger partial charge in [-0.1, -0.05) is 37.5 Å². The average molecular weight is 391 g/mol. The molecule has 4 rings (SSSR count). The minimum Gasteiger partial charge on any atom is -0.340 e. The van der Waals surface area contributed by atoms with E-state index < -0.39 is 10.0 Å². The number of benzene rings is 1. The fourth-order valence-electron chi connectivity index (χ4n) is 5.15. The van der Waals surface area contributed by atoms with Gasteiger partial charge in [-0.15, -0.1) is 0 Å². The van der Waals surface area contributed by atoms with Crippen molar-refractivity contribution in [2.24, 2.45) is 11.8 Å². The van der Waals surface area contributed by atoms with Crippen LogP contribution in [-0.4, -0.2) is 49.2 Å². The van der Waals surface area contributed by atoms with Crippen LogP contribution in [0.2, 0.25) is 0 Å². The van der Waals surface area contributed by atoms with E-state index in [4.69, 9.17) is 0 Å². The summed E-state index contributed by atoms with van der Waals surface area (Å²) in [6.45, 7) is 1.87. The minimum absolute atomic E-state index is 0.287. The Kier molecular flexibility index (Phi) is 5.55. The first kappa shape index (κ1) is 18.9. The van der Waals surface area contributed by atoms with Gasteiger partial charge < -0.3 is 4.90 Å². The summed E-state index contributed by atoms with van der Waals surface area (Å²) in [6.07, 6.45) is 8.32. The van der Waals surface area contributed by atoms with Gasteiger partial charge in [-0.3, -0.25) is 4.79 Å². The number of likely N-dealkylation sites (tertiary alicyclic amines) is 1. The van der Waals surface area contributed by atoms with Gasteiger partial charge in [0.2, 0.25) is 15.9 Å². The standard InChI is InChI=1S/C21H30N2O3S/c24-21-15-17-11-13-22(27(25,26)20-9-5-2-6-10-20)16-18(17)12-14-23(21)19-7-3-1-4-8-19/h2,5-6,9-10,17-19H,1,3-4,7-8,11-16H2. The van der Waals surface area contributed by atoms with Crippen LogP contribution in [0.25, 0.3) is 0 Å². The molecule has 2 aliphatic heterocycles. The first-order valence-electron chi connectivity index (χ1n) is 10.4. The van der Waals surface area contributed by atoms with Crippen molar-refractivity contribution in [1.29, 1.82) is 0 Å². The number of rotatable bonds is 3. The van der Waals surface area contributed by atoms with Crippen LogP contribution >= 0.6 is 0 Å². The maximum absolute atomic E-state index is 13.0. The van der Waals surface area contributed by atoms with Crippen molar-refractivity contribution in [3.8, 4) is 0 Å². The lowest BCUT2D eigenvalue weighted by atomic mass is 9.83. The maximum Gasteiger partial charge on any atom is 0.243 e. The number of piperidine rings is 1. The molecule has 2 saturated heterocycles. The number of hydrogen-bond acceptors (Lipinski definition) is 3. The van der Waals surface area contributed by atoms with Crippen LogP contribution in [0.3, 0.4) is 0 Å². The smallest absolute Gasteiger partial charge is 0.243 e. The van der Waals surface area contributed by atoms with Crippen molar-refractivity contribution >= 4 is 15.9 Å². The molecule has 0 radical (unpaired) electrons. The van der Waals surface area contributed by atoms with Crippen molar-refractivity contribution < 1.29 is 13.2 Å². The predicted molar refractivity (Wildman–Crippen MR) is 105 cm³/mol. The van der Waals surface area contributed by atoms with Crippen LogP contribution in [-0.2, 0) is 14.8 Å². The SMILES string of the molecule is O=C1CC2CCN(S(=O)(=O)c3ccccc3)CC2CCN1C1CCCCC1. The third-order valence-electron chi connectivity index (χ3n) is 6.75. The van der Waals surface area contributed by atoms with E-state index in [0.29, 0.717) is 42.3 Å². The second-order valence-corrected chi connectivity index (χ2v) is 10.3. The molecule has 0 spiro atoms. The Hall–Kier alpha value is -1.40. The molecule has 2 unspecified atom stereocenters. The van der Waals surface area contributed by atoms with E-state index in [1.54, 1.807) is 28.6 Å². The molecule has 1 aliphatic carbocycles. The highest BCUT2D eigenvalue weighted by Crippen LogP contribution is 2.36. The minimum atomic E-state index is -3.44. The molecular formula is C21H30N2O3S. The van der Waals surface area contributed by atoms with Gasteiger partial charge in [0.05, 0.1) is 4.90 Å². The second-order valence-electron chi connectivity index (χ2n) is 8.36. The Morgan fingerprint density at radius 3 is 2.30 bits per heavy atom. The zero-order chi connectivity index (χ0) is 18.9. The highest BCUT2D eigenvalue weighted by Gasteiger charge is 2.40. The molecule has 5 nitrogen and oxygen atoms in total. The zero-order valence-electron chi connectivity index (χ0n) is 15.9. The Balaban J connectivity index is 1.46. The highest BCUT2D eigenvalue weighted by molar-refractivity contribution is 7.89. The first-order valence-corrected chi connectivity index (χ1v) is 11.8. The molecule has 6 heteroatoms. The average Bonchev–Trinajstić information content (AvgIpc) is 2.87. The molecule has 148 valence electrons. The van der Waals surface area contributed by atoms with E-state index >= 15 is 0 Å². The number of sulfonamides is 1. The van der Waals surface area contributed by atoms with E-state index in [1.807, 2.05) is 6.07 Å². The van der Waals surface area contributed by atoms with Gasteiger partial charge in [-0.05, 0) is 49.7 Å². The molecule has 27 heavy (non-hydrogen) atoms. The van der Waals surface area contributed by atoms with Crippen molar-refractivity contribution in [3.05, 3.63) is 30.3 Å². The molecule has 0 N–H and O–H groups in total. The summed E-state index contributed by atoms with van der Waals surface area (Å²) in [5, 5.41) is 0. The zero-order valence-corrected chi connectivity index (χ0v) is 16.7. The third kappa shape index (κ3) is 3.92. The molecule has 0 aromatic heterocycles. The number of carbonyl (C=O) groups is 1.